The van der Waals surface area contributed by atoms with Crippen LogP contribution < -0.4 is 0 Å². The standard InChI is InChI=1S/C10H19NO3/c1-10(2,3)14-9(13)7-11-5-4-8(12)6-11/h8,12H,4-7H2,1-3H3. The van der Waals surface area contributed by atoms with E-state index < -0.39 is 5.60 Å². The predicted octanol–water partition coefficient (Wildman–Crippen LogP) is 0.395. The van der Waals surface area contributed by atoms with Crippen LogP contribution in [0.25, 0.3) is 0 Å². The number of rotatable bonds is 2. The number of likely N-dealkylation sites (tertiary alicyclic amines) is 1. The molecule has 0 radical (unpaired) electrons. The lowest BCUT2D eigenvalue weighted by Gasteiger charge is -2.21. The van der Waals surface area contributed by atoms with E-state index in [9.17, 15) is 9.90 Å². The summed E-state index contributed by atoms with van der Waals surface area (Å²) in [6.45, 7) is 7.20. The van der Waals surface area contributed by atoms with Crippen molar-refractivity contribution in [3.63, 3.8) is 0 Å². The van der Waals surface area contributed by atoms with Crippen LogP contribution in [0.4, 0.5) is 0 Å². The van der Waals surface area contributed by atoms with Gasteiger partial charge in [0.1, 0.15) is 5.60 Å². The summed E-state index contributed by atoms with van der Waals surface area (Å²) in [5.41, 5.74) is -0.421. The van der Waals surface area contributed by atoms with Crippen LogP contribution in [0.5, 0.6) is 0 Å². The third-order valence-electron chi connectivity index (χ3n) is 2.02. The van der Waals surface area contributed by atoms with Gasteiger partial charge in [0.05, 0.1) is 12.6 Å². The second kappa shape index (κ2) is 4.28. The largest absolute Gasteiger partial charge is 0.459 e. The van der Waals surface area contributed by atoms with Gasteiger partial charge in [-0.3, -0.25) is 9.69 Å². The lowest BCUT2D eigenvalue weighted by Crippen LogP contribution is -2.34. The van der Waals surface area contributed by atoms with Crippen LogP contribution in [-0.4, -0.2) is 47.3 Å². The summed E-state index contributed by atoms with van der Waals surface area (Å²) in [7, 11) is 0. The Hall–Kier alpha value is -0.610. The number of carbonyl (C=O) groups excluding carboxylic acids is 1. The smallest absolute Gasteiger partial charge is 0.320 e. The Morgan fingerprint density at radius 3 is 2.64 bits per heavy atom. The summed E-state index contributed by atoms with van der Waals surface area (Å²) in [6, 6.07) is 0. The highest BCUT2D eigenvalue weighted by molar-refractivity contribution is 5.72. The number of hydrogen-bond donors (Lipinski definition) is 1. The fourth-order valence-electron chi connectivity index (χ4n) is 1.51. The van der Waals surface area contributed by atoms with E-state index in [0.717, 1.165) is 13.0 Å². The molecular formula is C10H19NO3. The Morgan fingerprint density at radius 2 is 2.21 bits per heavy atom. The summed E-state index contributed by atoms with van der Waals surface area (Å²) in [5.74, 6) is -0.216. The van der Waals surface area contributed by atoms with Gasteiger partial charge in [-0.25, -0.2) is 0 Å². The molecule has 1 saturated heterocycles. The maximum absolute atomic E-state index is 11.4. The quantitative estimate of drug-likeness (QED) is 0.657. The van der Waals surface area contributed by atoms with E-state index in [0.29, 0.717) is 6.54 Å². The highest BCUT2D eigenvalue weighted by atomic mass is 16.6. The summed E-state index contributed by atoms with van der Waals surface area (Å²) < 4.78 is 5.17. The van der Waals surface area contributed by atoms with Crippen molar-refractivity contribution in [2.45, 2.75) is 38.9 Å². The molecule has 82 valence electrons. The van der Waals surface area contributed by atoms with Crippen molar-refractivity contribution in [3.8, 4) is 0 Å². The molecule has 0 aromatic carbocycles. The Bertz CT molecular complexity index is 210. The summed E-state index contributed by atoms with van der Waals surface area (Å²) in [4.78, 5) is 13.3. The molecule has 0 aliphatic carbocycles. The average molecular weight is 201 g/mol. The van der Waals surface area contributed by atoms with E-state index in [1.165, 1.54) is 0 Å². The van der Waals surface area contributed by atoms with Crippen LogP contribution in [0.1, 0.15) is 27.2 Å². The molecule has 0 bridgehead atoms. The van der Waals surface area contributed by atoms with Gasteiger partial charge >= 0.3 is 5.97 Å². The van der Waals surface area contributed by atoms with E-state index in [-0.39, 0.29) is 18.6 Å². The molecule has 0 amide bonds. The molecule has 0 aromatic heterocycles. The third kappa shape index (κ3) is 4.07. The number of carbonyl (C=O) groups is 1. The average Bonchev–Trinajstić information content (AvgIpc) is 2.30. The van der Waals surface area contributed by atoms with E-state index in [4.69, 9.17) is 4.74 Å². The number of aliphatic hydroxyl groups is 1. The molecule has 1 aliphatic rings. The first-order valence-corrected chi connectivity index (χ1v) is 4.99. The van der Waals surface area contributed by atoms with Gasteiger partial charge in [0.2, 0.25) is 0 Å². The number of ether oxygens (including phenoxy) is 1. The molecular weight excluding hydrogens is 182 g/mol. The Balaban J connectivity index is 2.27. The van der Waals surface area contributed by atoms with Crippen LogP contribution in [0.3, 0.4) is 0 Å². The first kappa shape index (κ1) is 11.5. The molecule has 14 heavy (non-hydrogen) atoms. The van der Waals surface area contributed by atoms with Gasteiger partial charge in [-0.05, 0) is 27.2 Å². The van der Waals surface area contributed by atoms with Crippen LogP contribution in [0.2, 0.25) is 0 Å². The van der Waals surface area contributed by atoms with Gasteiger partial charge in [-0.1, -0.05) is 0 Å². The lowest BCUT2D eigenvalue weighted by molar-refractivity contribution is -0.155. The minimum Gasteiger partial charge on any atom is -0.459 e. The van der Waals surface area contributed by atoms with Crippen LogP contribution in [-0.2, 0) is 9.53 Å². The molecule has 4 heteroatoms. The van der Waals surface area contributed by atoms with Crippen molar-refractivity contribution in [2.75, 3.05) is 19.6 Å². The van der Waals surface area contributed by atoms with Gasteiger partial charge in [-0.15, -0.1) is 0 Å². The highest BCUT2D eigenvalue weighted by Gasteiger charge is 2.24. The topological polar surface area (TPSA) is 49.8 Å². The Morgan fingerprint density at radius 1 is 1.57 bits per heavy atom. The van der Waals surface area contributed by atoms with Gasteiger partial charge < -0.3 is 9.84 Å². The Labute approximate surface area is 84.8 Å². The van der Waals surface area contributed by atoms with E-state index in [1.807, 2.05) is 25.7 Å². The molecule has 1 rings (SSSR count). The Kier molecular flexibility index (Phi) is 3.50. The molecule has 1 atom stereocenters. The number of β-amino-alcohol motifs (C(OH)–C–C–N with tert-alkyl or cyclic N) is 1. The zero-order valence-electron chi connectivity index (χ0n) is 9.12. The summed E-state index contributed by atoms with van der Waals surface area (Å²) in [6.07, 6.45) is 0.473. The van der Waals surface area contributed by atoms with Crippen LogP contribution in [0.15, 0.2) is 0 Å². The van der Waals surface area contributed by atoms with Gasteiger partial charge in [0.15, 0.2) is 0 Å². The van der Waals surface area contributed by atoms with E-state index >= 15 is 0 Å². The monoisotopic (exact) mass is 201 g/mol. The zero-order valence-corrected chi connectivity index (χ0v) is 9.12. The molecule has 0 spiro atoms. The molecule has 1 fully saturated rings. The minimum absolute atomic E-state index is 0.216. The summed E-state index contributed by atoms with van der Waals surface area (Å²) >= 11 is 0. The number of esters is 1. The van der Waals surface area contributed by atoms with Crippen molar-refractivity contribution < 1.29 is 14.6 Å². The lowest BCUT2D eigenvalue weighted by atomic mass is 10.2. The number of hydrogen-bond acceptors (Lipinski definition) is 4. The molecule has 1 heterocycles. The molecule has 0 aromatic rings. The molecule has 0 saturated carbocycles. The van der Waals surface area contributed by atoms with Gasteiger partial charge in [0.25, 0.3) is 0 Å². The first-order chi connectivity index (χ1) is 6.37. The molecule has 1 aliphatic heterocycles. The van der Waals surface area contributed by atoms with Crippen LogP contribution in [0, 0.1) is 0 Å². The van der Waals surface area contributed by atoms with Crippen molar-refractivity contribution in [1.29, 1.82) is 0 Å². The maximum atomic E-state index is 11.4. The normalized spacial score (nSPS) is 23.9. The third-order valence-corrected chi connectivity index (χ3v) is 2.02. The van der Waals surface area contributed by atoms with Gasteiger partial charge in [0, 0.05) is 13.1 Å². The predicted molar refractivity (Wildman–Crippen MR) is 52.9 cm³/mol. The second-order valence-electron chi connectivity index (χ2n) is 4.76. The van der Waals surface area contributed by atoms with Crippen molar-refractivity contribution in [1.82, 2.24) is 4.90 Å². The maximum Gasteiger partial charge on any atom is 0.320 e. The van der Waals surface area contributed by atoms with E-state index in [1.54, 1.807) is 0 Å². The summed E-state index contributed by atoms with van der Waals surface area (Å²) in [5, 5.41) is 9.25. The molecule has 1 unspecified atom stereocenters. The van der Waals surface area contributed by atoms with Crippen molar-refractivity contribution >= 4 is 5.97 Å². The van der Waals surface area contributed by atoms with Crippen LogP contribution >= 0.6 is 0 Å². The fourth-order valence-corrected chi connectivity index (χ4v) is 1.51. The van der Waals surface area contributed by atoms with Crippen molar-refractivity contribution in [2.24, 2.45) is 0 Å². The zero-order chi connectivity index (χ0) is 10.8. The number of nitrogens with zero attached hydrogens (tertiary/aromatic N) is 1. The number of aliphatic hydroxyl groups excluding tert-OH is 1. The fraction of sp³-hybridized carbons (Fsp3) is 0.900. The SMILES string of the molecule is CC(C)(C)OC(=O)CN1CCC(O)C1. The molecule has 1 N–H and O–H groups in total. The van der Waals surface area contributed by atoms with Crippen molar-refractivity contribution in [3.05, 3.63) is 0 Å². The highest BCUT2D eigenvalue weighted by Crippen LogP contribution is 2.11. The minimum atomic E-state index is -0.421. The molecule has 4 nitrogen and oxygen atoms in total. The van der Waals surface area contributed by atoms with E-state index in [2.05, 4.69) is 0 Å². The second-order valence-corrected chi connectivity index (χ2v) is 4.76. The first-order valence-electron chi connectivity index (χ1n) is 4.99. The van der Waals surface area contributed by atoms with Gasteiger partial charge in [-0.2, -0.15) is 0 Å².